The summed E-state index contributed by atoms with van der Waals surface area (Å²) >= 11 is 2.89. The van der Waals surface area contributed by atoms with Crippen LogP contribution in [0.5, 0.6) is 0 Å². The maximum Gasteiger partial charge on any atom is 0.263 e. The van der Waals surface area contributed by atoms with E-state index in [0.29, 0.717) is 31.3 Å². The summed E-state index contributed by atoms with van der Waals surface area (Å²) in [6, 6.07) is 2.05. The van der Waals surface area contributed by atoms with Gasteiger partial charge in [0.25, 0.3) is 5.56 Å². The number of aromatic nitrogens is 2. The van der Waals surface area contributed by atoms with Gasteiger partial charge in [-0.25, -0.2) is 4.98 Å². The predicted molar refractivity (Wildman–Crippen MR) is 111 cm³/mol. The van der Waals surface area contributed by atoms with Crippen molar-refractivity contribution in [2.24, 2.45) is 0 Å². The lowest BCUT2D eigenvalue weighted by molar-refractivity contribution is -0.128. The molecular formula is C19H24N4O3S2. The molecule has 1 aliphatic rings. The molecule has 1 aliphatic carbocycles. The number of fused-ring (bicyclic) bond motifs is 3. The number of nitriles is 1. The number of carbonyl (C=O) groups is 1. The highest BCUT2D eigenvalue weighted by Gasteiger charge is 2.26. The molecule has 1 atom stereocenters. The smallest absolute Gasteiger partial charge is 0.263 e. The molecule has 2 aromatic heterocycles. The Morgan fingerprint density at radius 1 is 1.50 bits per heavy atom. The molecule has 150 valence electrons. The van der Waals surface area contributed by atoms with Gasteiger partial charge in [-0.05, 0) is 31.7 Å². The average Bonchev–Trinajstić information content (AvgIpc) is 3.25. The Hall–Kier alpha value is -1.89. The number of methoxy groups -OCH3 is 1. The molecule has 0 bridgehead atoms. The number of hydrogen-bond donors (Lipinski definition) is 0. The predicted octanol–water partition coefficient (Wildman–Crippen LogP) is 2.45. The second kappa shape index (κ2) is 9.07. The molecule has 0 saturated carbocycles. The number of amides is 1. The Bertz CT molecular complexity index is 976. The lowest BCUT2D eigenvalue weighted by Crippen LogP contribution is -2.34. The van der Waals surface area contributed by atoms with E-state index in [1.165, 1.54) is 16.6 Å². The van der Waals surface area contributed by atoms with Crippen LogP contribution in [-0.4, -0.2) is 52.9 Å². The third kappa shape index (κ3) is 4.09. The maximum absolute atomic E-state index is 13.2. The van der Waals surface area contributed by atoms with Crippen LogP contribution in [-0.2, 0) is 28.9 Å². The van der Waals surface area contributed by atoms with E-state index in [1.54, 1.807) is 41.9 Å². The molecule has 2 aromatic rings. The second-order valence-corrected chi connectivity index (χ2v) is 9.20. The lowest BCUT2D eigenvalue weighted by atomic mass is 10.2. The number of carbonyl (C=O) groups excluding carboxylic acids is 1. The van der Waals surface area contributed by atoms with E-state index in [1.807, 2.05) is 6.07 Å². The summed E-state index contributed by atoms with van der Waals surface area (Å²) in [5.74, 6) is -0.0819. The average molecular weight is 421 g/mol. The Kier molecular flexibility index (Phi) is 6.75. The molecule has 1 amide bonds. The summed E-state index contributed by atoms with van der Waals surface area (Å²) in [6.07, 6.45) is 3.32. The van der Waals surface area contributed by atoms with E-state index < -0.39 is 5.25 Å². The summed E-state index contributed by atoms with van der Waals surface area (Å²) in [5.41, 5.74) is 1.11. The normalized spacial score (nSPS) is 14.1. The molecule has 0 fully saturated rings. The number of thioether (sulfide) groups is 1. The van der Waals surface area contributed by atoms with E-state index in [-0.39, 0.29) is 11.5 Å². The van der Waals surface area contributed by atoms with Crippen LogP contribution in [0.25, 0.3) is 10.2 Å². The zero-order valence-corrected chi connectivity index (χ0v) is 18.0. The second-order valence-electron chi connectivity index (χ2n) is 6.81. The monoisotopic (exact) mass is 420 g/mol. The minimum absolute atomic E-state index is 0.0403. The number of aryl methyl sites for hydroxylation is 2. The SMILES string of the molecule is COCCn1c(S[C@@H](C)C(=O)N(C)CCC#N)nc2sc3c(c2c1=O)CCC3. The van der Waals surface area contributed by atoms with Crippen LogP contribution in [0.2, 0.25) is 0 Å². The zero-order valence-electron chi connectivity index (χ0n) is 16.4. The van der Waals surface area contributed by atoms with Gasteiger partial charge in [0.1, 0.15) is 4.83 Å². The van der Waals surface area contributed by atoms with E-state index in [4.69, 9.17) is 15.0 Å². The number of ether oxygens (including phenoxy) is 1. The fourth-order valence-corrected chi connectivity index (χ4v) is 5.73. The van der Waals surface area contributed by atoms with Crippen LogP contribution >= 0.6 is 23.1 Å². The standard InChI is InChI=1S/C19H24N4O3S2/c1-12(17(24)22(2)9-5-8-20)27-19-21-16-15(13-6-4-7-14(13)28-16)18(25)23(19)10-11-26-3/h12H,4-7,9-11H2,1-3H3/t12-/m0/s1. The topological polar surface area (TPSA) is 88.2 Å². The number of nitrogens with zero attached hydrogens (tertiary/aromatic N) is 4. The number of hydrogen-bond acceptors (Lipinski definition) is 7. The third-order valence-corrected chi connectivity index (χ3v) is 7.14. The van der Waals surface area contributed by atoms with Gasteiger partial charge in [0.05, 0.1) is 36.3 Å². The van der Waals surface area contributed by atoms with Crippen molar-refractivity contribution in [1.82, 2.24) is 14.5 Å². The largest absolute Gasteiger partial charge is 0.383 e. The molecule has 7 nitrogen and oxygen atoms in total. The number of rotatable bonds is 8. The molecular weight excluding hydrogens is 396 g/mol. The minimum Gasteiger partial charge on any atom is -0.383 e. The van der Waals surface area contributed by atoms with Crippen molar-refractivity contribution in [3.05, 3.63) is 20.8 Å². The summed E-state index contributed by atoms with van der Waals surface area (Å²) in [5, 5.41) is 9.59. The summed E-state index contributed by atoms with van der Waals surface area (Å²) < 4.78 is 6.82. The molecule has 9 heteroatoms. The van der Waals surface area contributed by atoms with Crippen LogP contribution in [0.3, 0.4) is 0 Å². The van der Waals surface area contributed by atoms with Crippen molar-refractivity contribution >= 4 is 39.2 Å². The molecule has 0 aromatic carbocycles. The fraction of sp³-hybridized carbons (Fsp3) is 0.579. The highest BCUT2D eigenvalue weighted by Crippen LogP contribution is 2.36. The van der Waals surface area contributed by atoms with Crippen molar-refractivity contribution in [1.29, 1.82) is 5.26 Å². The van der Waals surface area contributed by atoms with Gasteiger partial charge >= 0.3 is 0 Å². The lowest BCUT2D eigenvalue weighted by Gasteiger charge is -2.21. The van der Waals surface area contributed by atoms with Crippen LogP contribution in [0, 0.1) is 11.3 Å². The minimum atomic E-state index is -0.409. The maximum atomic E-state index is 13.2. The molecule has 0 radical (unpaired) electrons. The highest BCUT2D eigenvalue weighted by molar-refractivity contribution is 8.00. The Morgan fingerprint density at radius 2 is 2.29 bits per heavy atom. The zero-order chi connectivity index (χ0) is 20.3. The van der Waals surface area contributed by atoms with Gasteiger partial charge in [-0.3, -0.25) is 14.2 Å². The molecule has 2 heterocycles. The molecule has 0 N–H and O–H groups in total. The van der Waals surface area contributed by atoms with E-state index in [0.717, 1.165) is 35.0 Å². The van der Waals surface area contributed by atoms with Gasteiger partial charge in [-0.15, -0.1) is 11.3 Å². The molecule has 3 rings (SSSR count). The number of thiophene rings is 1. The fourth-order valence-electron chi connectivity index (χ4n) is 3.37. The van der Waals surface area contributed by atoms with Crippen molar-refractivity contribution in [2.75, 3.05) is 27.3 Å². The molecule has 0 aliphatic heterocycles. The summed E-state index contributed by atoms with van der Waals surface area (Å²) in [6.45, 7) is 3.00. The van der Waals surface area contributed by atoms with Crippen LogP contribution < -0.4 is 5.56 Å². The van der Waals surface area contributed by atoms with Gasteiger partial charge in [-0.2, -0.15) is 5.26 Å². The van der Waals surface area contributed by atoms with Crippen molar-refractivity contribution < 1.29 is 9.53 Å². The van der Waals surface area contributed by atoms with Gasteiger partial charge in [-0.1, -0.05) is 11.8 Å². The van der Waals surface area contributed by atoms with E-state index >= 15 is 0 Å². The summed E-state index contributed by atoms with van der Waals surface area (Å²) in [7, 11) is 3.29. The third-order valence-electron chi connectivity index (χ3n) is 4.87. The first-order chi connectivity index (χ1) is 13.5. The molecule has 0 unspecified atom stereocenters. The van der Waals surface area contributed by atoms with Crippen molar-refractivity contribution in [3.63, 3.8) is 0 Å². The Morgan fingerprint density at radius 3 is 3.00 bits per heavy atom. The van der Waals surface area contributed by atoms with Crippen molar-refractivity contribution in [3.8, 4) is 6.07 Å². The first kappa shape index (κ1) is 20.8. The Labute approximate surface area is 172 Å². The van der Waals surface area contributed by atoms with Crippen molar-refractivity contribution in [2.45, 2.75) is 49.6 Å². The van der Waals surface area contributed by atoms with Gasteiger partial charge in [0, 0.05) is 25.6 Å². The highest BCUT2D eigenvalue weighted by atomic mass is 32.2. The van der Waals surface area contributed by atoms with Gasteiger partial charge in [0.15, 0.2) is 5.16 Å². The van der Waals surface area contributed by atoms with Crippen LogP contribution in [0.1, 0.15) is 30.2 Å². The molecule has 28 heavy (non-hydrogen) atoms. The molecule has 0 saturated heterocycles. The van der Waals surface area contributed by atoms with Gasteiger partial charge in [0.2, 0.25) is 5.91 Å². The van der Waals surface area contributed by atoms with Gasteiger partial charge < -0.3 is 9.64 Å². The molecule has 0 spiro atoms. The Balaban J connectivity index is 1.94. The van der Waals surface area contributed by atoms with Crippen LogP contribution in [0.4, 0.5) is 0 Å². The first-order valence-electron chi connectivity index (χ1n) is 9.30. The van der Waals surface area contributed by atoms with E-state index in [2.05, 4.69) is 0 Å². The quantitative estimate of drug-likeness (QED) is 0.481. The van der Waals surface area contributed by atoms with Crippen LogP contribution in [0.15, 0.2) is 9.95 Å². The van der Waals surface area contributed by atoms with E-state index in [9.17, 15) is 9.59 Å². The first-order valence-corrected chi connectivity index (χ1v) is 11.0. The summed E-state index contributed by atoms with van der Waals surface area (Å²) in [4.78, 5) is 34.2.